The van der Waals surface area contributed by atoms with Crippen molar-refractivity contribution >= 4 is 45.3 Å². The number of anilines is 2. The number of piperidine rings is 2. The van der Waals surface area contributed by atoms with Crippen molar-refractivity contribution in [2.75, 3.05) is 25.0 Å². The van der Waals surface area contributed by atoms with Gasteiger partial charge in [-0.2, -0.15) is 18.3 Å². The number of ether oxygens (including phenoxy) is 1. The minimum absolute atomic E-state index is 0.00139. The standard InChI is InChI=1S/C46H49F4N9O8S/c1-45(2,64)26-58-24-29(22-52-58)40-35(46(48,49)50)23-51-44(55-40)53-37-13-12-32(21-36(37)47)68(65,66)56-30-10-8-28(9-11-30)42(62)57-18-16-31(17-19-57)67-20-4-6-27-5-3-7-33-34(27)25-59(43(33)63)38-14-15-39(60)54-41(38)61/h3,5,7,12-13,21-24,28,30-31,38,56,64H,8-11,14-20,25-26H2,1-2H3,(H,51,53,55)(H,54,60,61). The van der Waals surface area contributed by atoms with Gasteiger partial charge in [0.1, 0.15) is 24.0 Å². The molecule has 4 N–H and O–H groups in total. The average Bonchev–Trinajstić information content (AvgIpc) is 3.88. The summed E-state index contributed by atoms with van der Waals surface area (Å²) in [6.07, 6.45) is 1.35. The van der Waals surface area contributed by atoms with Crippen molar-refractivity contribution < 1.29 is 55.0 Å². The zero-order valence-electron chi connectivity index (χ0n) is 37.1. The number of aromatic nitrogens is 4. The topological polar surface area (TPSA) is 218 Å². The number of benzene rings is 2. The number of nitrogens with zero attached hydrogens (tertiary/aromatic N) is 6. The smallest absolute Gasteiger partial charge is 0.389 e. The molecule has 4 aliphatic rings. The van der Waals surface area contributed by atoms with E-state index in [9.17, 15) is 45.9 Å². The Morgan fingerprint density at radius 2 is 1.76 bits per heavy atom. The first kappa shape index (κ1) is 48.2. The summed E-state index contributed by atoms with van der Waals surface area (Å²) < 4.78 is 93.8. The summed E-state index contributed by atoms with van der Waals surface area (Å²) >= 11 is 0. The van der Waals surface area contributed by atoms with E-state index in [1.807, 2.05) is 11.0 Å². The second kappa shape index (κ2) is 19.4. The number of amides is 4. The molecule has 2 aromatic heterocycles. The van der Waals surface area contributed by atoms with E-state index in [-0.39, 0.29) is 78.4 Å². The maximum absolute atomic E-state index is 15.4. The largest absolute Gasteiger partial charge is 0.419 e. The van der Waals surface area contributed by atoms with Gasteiger partial charge in [-0.1, -0.05) is 17.9 Å². The number of carbonyl (C=O) groups is 4. The number of nitrogens with one attached hydrogen (secondary N) is 3. The van der Waals surface area contributed by atoms with Crippen molar-refractivity contribution in [1.82, 2.24) is 39.6 Å². The molecule has 4 aromatic rings. The molecule has 2 aromatic carbocycles. The molecule has 0 spiro atoms. The Labute approximate surface area is 389 Å². The Kier molecular flexibility index (Phi) is 13.7. The molecule has 1 unspecified atom stereocenters. The first-order valence-corrected chi connectivity index (χ1v) is 23.6. The van der Waals surface area contributed by atoms with Crippen molar-refractivity contribution in [2.24, 2.45) is 5.92 Å². The number of hydrogen-bond acceptors (Lipinski definition) is 12. The van der Waals surface area contributed by atoms with Gasteiger partial charge in [-0.15, -0.1) is 0 Å². The number of carbonyl (C=O) groups excluding carboxylic acids is 4. The van der Waals surface area contributed by atoms with Gasteiger partial charge in [0.15, 0.2) is 0 Å². The molecular weight excluding hydrogens is 915 g/mol. The van der Waals surface area contributed by atoms with Crippen LogP contribution in [0.5, 0.6) is 0 Å². The number of sulfonamides is 1. The maximum atomic E-state index is 15.4. The minimum atomic E-state index is -4.84. The van der Waals surface area contributed by atoms with E-state index in [4.69, 9.17) is 4.74 Å². The highest BCUT2D eigenvalue weighted by Gasteiger charge is 2.40. The van der Waals surface area contributed by atoms with E-state index in [1.165, 1.54) is 29.6 Å². The minimum Gasteiger partial charge on any atom is -0.389 e. The van der Waals surface area contributed by atoms with Crippen LogP contribution in [0.1, 0.15) is 92.3 Å². The number of fused-ring (bicyclic) bond motifs is 1. The molecule has 17 nitrogen and oxygen atoms in total. The summed E-state index contributed by atoms with van der Waals surface area (Å²) in [5, 5.41) is 18.9. The maximum Gasteiger partial charge on any atom is 0.419 e. The van der Waals surface area contributed by atoms with Crippen LogP contribution in [-0.4, -0.2) is 110 Å². The van der Waals surface area contributed by atoms with Crippen LogP contribution in [0.15, 0.2) is 59.9 Å². The molecule has 68 heavy (non-hydrogen) atoms. The average molecular weight is 964 g/mol. The summed E-state index contributed by atoms with van der Waals surface area (Å²) in [4.78, 5) is 61.3. The third-order valence-electron chi connectivity index (χ3n) is 12.4. The Morgan fingerprint density at radius 3 is 2.46 bits per heavy atom. The molecule has 8 rings (SSSR count). The van der Waals surface area contributed by atoms with Crippen molar-refractivity contribution in [3.63, 3.8) is 0 Å². The summed E-state index contributed by atoms with van der Waals surface area (Å²) in [5.41, 5.74) is -1.35. The molecule has 360 valence electrons. The number of aliphatic hydroxyl groups is 1. The number of hydrogen-bond donors (Lipinski definition) is 4. The molecule has 5 heterocycles. The normalized spacial score (nSPS) is 20.5. The van der Waals surface area contributed by atoms with E-state index < -0.39 is 62.8 Å². The number of imide groups is 1. The van der Waals surface area contributed by atoms with Gasteiger partial charge in [-0.25, -0.2) is 27.5 Å². The highest BCUT2D eigenvalue weighted by molar-refractivity contribution is 7.89. The van der Waals surface area contributed by atoms with Crippen molar-refractivity contribution in [3.05, 3.63) is 83.1 Å². The fraction of sp³-hybridized carbons (Fsp3) is 0.457. The lowest BCUT2D eigenvalue weighted by Gasteiger charge is -2.36. The van der Waals surface area contributed by atoms with Crippen molar-refractivity contribution in [1.29, 1.82) is 0 Å². The third-order valence-corrected chi connectivity index (χ3v) is 13.9. The molecule has 2 saturated heterocycles. The van der Waals surface area contributed by atoms with Gasteiger partial charge in [0.05, 0.1) is 40.7 Å². The zero-order valence-corrected chi connectivity index (χ0v) is 37.9. The number of halogens is 4. The van der Waals surface area contributed by atoms with Crippen LogP contribution in [-0.2, 0) is 48.4 Å². The van der Waals surface area contributed by atoms with Crippen LogP contribution in [0.25, 0.3) is 11.3 Å². The molecular formula is C46H49F4N9O8S. The Balaban J connectivity index is 0.791. The quantitative estimate of drug-likeness (QED) is 0.0866. The summed E-state index contributed by atoms with van der Waals surface area (Å²) in [6.45, 7) is 4.35. The molecule has 1 atom stereocenters. The zero-order chi connectivity index (χ0) is 48.5. The third kappa shape index (κ3) is 11.0. The fourth-order valence-corrected chi connectivity index (χ4v) is 10.3. The highest BCUT2D eigenvalue weighted by atomic mass is 32.2. The molecule has 1 aliphatic carbocycles. The van der Waals surface area contributed by atoms with Gasteiger partial charge in [0, 0.05) is 67.1 Å². The van der Waals surface area contributed by atoms with Crippen LogP contribution in [0.3, 0.4) is 0 Å². The van der Waals surface area contributed by atoms with Crippen LogP contribution in [0.4, 0.5) is 29.2 Å². The SMILES string of the molecule is CC(C)(O)Cn1cc(-c2nc(Nc3ccc(S(=O)(=O)NC4CCC(C(=O)N5CCC(OCC#Cc6cccc7c6CN(C6CCC(=O)NC6=O)C7=O)CC5)CC4)cc3F)ncc2C(F)(F)F)cn1. The van der Waals surface area contributed by atoms with Gasteiger partial charge in [-0.05, 0) is 94.7 Å². The molecule has 0 radical (unpaired) electrons. The lowest BCUT2D eigenvalue weighted by Crippen LogP contribution is -2.52. The highest BCUT2D eigenvalue weighted by Crippen LogP contribution is 2.37. The van der Waals surface area contributed by atoms with Gasteiger partial charge >= 0.3 is 6.18 Å². The second-order valence-electron chi connectivity index (χ2n) is 18.0. The lowest BCUT2D eigenvalue weighted by atomic mass is 9.85. The van der Waals surface area contributed by atoms with E-state index >= 15 is 4.39 Å². The van der Waals surface area contributed by atoms with E-state index in [0.29, 0.717) is 68.9 Å². The molecule has 22 heteroatoms. The summed E-state index contributed by atoms with van der Waals surface area (Å²) in [7, 11) is -4.21. The van der Waals surface area contributed by atoms with Gasteiger partial charge in [0.2, 0.25) is 33.7 Å². The van der Waals surface area contributed by atoms with Crippen molar-refractivity contribution in [2.45, 2.75) is 113 Å². The molecule has 0 bridgehead atoms. The van der Waals surface area contributed by atoms with Gasteiger partial charge in [0.25, 0.3) is 5.91 Å². The summed E-state index contributed by atoms with van der Waals surface area (Å²) in [6, 6.07) is 7.07. The van der Waals surface area contributed by atoms with Gasteiger partial charge < -0.3 is 25.0 Å². The van der Waals surface area contributed by atoms with E-state index in [0.717, 1.165) is 30.0 Å². The lowest BCUT2D eigenvalue weighted by molar-refractivity contribution is -0.139. The Morgan fingerprint density at radius 1 is 1.01 bits per heavy atom. The van der Waals surface area contributed by atoms with Crippen LogP contribution >= 0.6 is 0 Å². The number of alkyl halides is 3. The van der Waals surface area contributed by atoms with Crippen LogP contribution < -0.4 is 15.4 Å². The molecule has 3 aliphatic heterocycles. The number of rotatable bonds is 12. The first-order valence-electron chi connectivity index (χ1n) is 22.2. The first-order chi connectivity index (χ1) is 32.2. The van der Waals surface area contributed by atoms with Crippen molar-refractivity contribution in [3.8, 4) is 23.1 Å². The monoisotopic (exact) mass is 963 g/mol. The van der Waals surface area contributed by atoms with E-state index in [1.54, 1.807) is 12.1 Å². The molecule has 1 saturated carbocycles. The predicted molar refractivity (Wildman–Crippen MR) is 235 cm³/mol. The Hall–Kier alpha value is -6.28. The predicted octanol–water partition coefficient (Wildman–Crippen LogP) is 4.67. The number of likely N-dealkylation sites (tertiary alicyclic amines) is 1. The van der Waals surface area contributed by atoms with Gasteiger partial charge in [-0.3, -0.25) is 29.2 Å². The van der Waals surface area contributed by atoms with Crippen LogP contribution in [0.2, 0.25) is 0 Å². The summed E-state index contributed by atoms with van der Waals surface area (Å²) in [5.74, 6) is 3.32. The second-order valence-corrected chi connectivity index (χ2v) is 19.7. The van der Waals surface area contributed by atoms with E-state index in [2.05, 4.69) is 42.3 Å². The fourth-order valence-electron chi connectivity index (χ4n) is 8.96. The molecule has 3 fully saturated rings. The molecule has 4 amide bonds. The Bertz CT molecular complexity index is 2790. The van der Waals surface area contributed by atoms with Crippen LogP contribution in [0, 0.1) is 23.6 Å².